The second kappa shape index (κ2) is 9.40. The zero-order valence-corrected chi connectivity index (χ0v) is 19.2. The SMILES string of the molecule is C[C@@H]1CCCC[C@H]1N1C(=O)/C(=C/c2ccc(-c3ccc(F)cc3)o2)SC1=Nc1ccccc1. The first kappa shape index (κ1) is 21.7. The van der Waals surface area contributed by atoms with E-state index in [0.717, 1.165) is 35.7 Å². The summed E-state index contributed by atoms with van der Waals surface area (Å²) in [5.74, 6) is 1.34. The molecule has 0 bridgehead atoms. The number of aliphatic imine (C=N–C) groups is 1. The molecule has 2 heterocycles. The molecule has 2 aromatic carbocycles. The minimum atomic E-state index is -0.289. The number of nitrogens with zero attached hydrogens (tertiary/aromatic N) is 2. The molecule has 0 spiro atoms. The number of hydrogen-bond donors (Lipinski definition) is 0. The Kier molecular flexibility index (Phi) is 6.18. The molecule has 6 heteroatoms. The highest BCUT2D eigenvalue weighted by molar-refractivity contribution is 8.18. The van der Waals surface area contributed by atoms with Crippen LogP contribution >= 0.6 is 11.8 Å². The van der Waals surface area contributed by atoms with Gasteiger partial charge >= 0.3 is 0 Å². The maximum Gasteiger partial charge on any atom is 0.267 e. The molecular formula is C27H25FN2O2S. The van der Waals surface area contributed by atoms with Crippen molar-refractivity contribution in [1.29, 1.82) is 0 Å². The predicted molar refractivity (Wildman–Crippen MR) is 131 cm³/mol. The number of rotatable bonds is 4. The van der Waals surface area contributed by atoms with E-state index in [0.29, 0.717) is 22.3 Å². The van der Waals surface area contributed by atoms with Crippen molar-refractivity contribution in [3.05, 3.63) is 83.2 Å². The zero-order valence-electron chi connectivity index (χ0n) is 18.4. The molecular weight excluding hydrogens is 435 g/mol. The van der Waals surface area contributed by atoms with Crippen LogP contribution in [0.2, 0.25) is 0 Å². The molecule has 4 nitrogen and oxygen atoms in total. The first-order valence-corrected chi connectivity index (χ1v) is 12.1. The zero-order chi connectivity index (χ0) is 22.8. The van der Waals surface area contributed by atoms with Gasteiger partial charge in [-0.3, -0.25) is 9.69 Å². The Bertz CT molecular complexity index is 1200. The van der Waals surface area contributed by atoms with Crippen LogP contribution in [0.5, 0.6) is 0 Å². The van der Waals surface area contributed by atoms with E-state index < -0.39 is 0 Å². The summed E-state index contributed by atoms with van der Waals surface area (Å²) >= 11 is 1.40. The van der Waals surface area contributed by atoms with E-state index in [1.54, 1.807) is 18.2 Å². The largest absolute Gasteiger partial charge is 0.457 e. The summed E-state index contributed by atoms with van der Waals surface area (Å²) in [6.07, 6.45) is 6.23. The molecule has 0 N–H and O–H groups in total. The number of amidine groups is 1. The normalized spacial score (nSPS) is 23.6. The van der Waals surface area contributed by atoms with E-state index in [1.807, 2.05) is 47.4 Å². The van der Waals surface area contributed by atoms with Crippen molar-refractivity contribution in [3.63, 3.8) is 0 Å². The average molecular weight is 461 g/mol. The Morgan fingerprint density at radius 3 is 2.55 bits per heavy atom. The second-order valence-corrected chi connectivity index (χ2v) is 9.56. The van der Waals surface area contributed by atoms with Gasteiger partial charge in [-0.15, -0.1) is 0 Å². The molecule has 1 aromatic heterocycles. The molecule has 168 valence electrons. The van der Waals surface area contributed by atoms with Crippen LogP contribution in [0.4, 0.5) is 10.1 Å². The Hall–Kier alpha value is -3.12. The van der Waals surface area contributed by atoms with Crippen molar-refractivity contribution in [2.45, 2.75) is 38.6 Å². The molecule has 2 aliphatic rings. The molecule has 33 heavy (non-hydrogen) atoms. The summed E-state index contributed by atoms with van der Waals surface area (Å²) < 4.78 is 19.2. The van der Waals surface area contributed by atoms with Gasteiger partial charge in [0.05, 0.1) is 10.6 Å². The minimum absolute atomic E-state index is 0.0202. The molecule has 0 unspecified atom stereocenters. The van der Waals surface area contributed by atoms with Crippen molar-refractivity contribution < 1.29 is 13.6 Å². The Labute approximate surface area is 197 Å². The molecule has 5 rings (SSSR count). The summed E-state index contributed by atoms with van der Waals surface area (Å²) in [7, 11) is 0. The summed E-state index contributed by atoms with van der Waals surface area (Å²) in [6, 6.07) is 19.7. The number of benzene rings is 2. The van der Waals surface area contributed by atoms with E-state index in [4.69, 9.17) is 9.41 Å². The van der Waals surface area contributed by atoms with Crippen LogP contribution in [-0.2, 0) is 4.79 Å². The first-order chi connectivity index (χ1) is 16.1. The van der Waals surface area contributed by atoms with Gasteiger partial charge < -0.3 is 4.42 Å². The average Bonchev–Trinajstić information content (AvgIpc) is 3.40. The fourth-order valence-electron chi connectivity index (χ4n) is 4.48. The molecule has 1 aliphatic heterocycles. The van der Waals surface area contributed by atoms with E-state index in [9.17, 15) is 9.18 Å². The standard InChI is InChI=1S/C27H25FN2O2S/c1-18-7-5-6-10-23(18)30-26(31)25(33-27(30)29-21-8-3-2-4-9-21)17-22-15-16-24(32-22)19-11-13-20(28)14-12-19/h2-4,8-9,11-18,23H,5-7,10H2,1H3/b25-17-,29-27?/t18-,23-/m1/s1. The highest BCUT2D eigenvalue weighted by Crippen LogP contribution is 2.40. The maximum atomic E-state index is 13.5. The summed E-state index contributed by atoms with van der Waals surface area (Å²) in [4.78, 5) is 20.9. The van der Waals surface area contributed by atoms with Gasteiger partial charge in [0.15, 0.2) is 5.17 Å². The lowest BCUT2D eigenvalue weighted by Crippen LogP contribution is -2.44. The van der Waals surface area contributed by atoms with Gasteiger partial charge in [0.25, 0.3) is 5.91 Å². The molecule has 3 aromatic rings. The van der Waals surface area contributed by atoms with Crippen LogP contribution < -0.4 is 0 Å². The number of carbonyl (C=O) groups is 1. The van der Waals surface area contributed by atoms with E-state index in [-0.39, 0.29) is 17.8 Å². The second-order valence-electron chi connectivity index (χ2n) is 8.55. The number of hydrogen-bond acceptors (Lipinski definition) is 4. The molecule has 1 saturated heterocycles. The van der Waals surface area contributed by atoms with Crippen molar-refractivity contribution in [3.8, 4) is 11.3 Å². The van der Waals surface area contributed by atoms with Crippen LogP contribution in [0.25, 0.3) is 17.4 Å². The van der Waals surface area contributed by atoms with Gasteiger partial charge in [0, 0.05) is 17.7 Å². The molecule has 1 saturated carbocycles. The Morgan fingerprint density at radius 2 is 1.79 bits per heavy atom. The summed E-state index contributed by atoms with van der Waals surface area (Å²) in [5.41, 5.74) is 1.62. The summed E-state index contributed by atoms with van der Waals surface area (Å²) in [6.45, 7) is 2.23. The fraction of sp³-hybridized carbons (Fsp3) is 0.259. The summed E-state index contributed by atoms with van der Waals surface area (Å²) in [5, 5.41) is 0.724. The fourth-order valence-corrected chi connectivity index (χ4v) is 5.50. The third-order valence-corrected chi connectivity index (χ3v) is 7.23. The maximum absolute atomic E-state index is 13.5. The quantitative estimate of drug-likeness (QED) is 0.385. The van der Waals surface area contributed by atoms with E-state index in [1.165, 1.54) is 30.3 Å². The van der Waals surface area contributed by atoms with Crippen LogP contribution in [0.1, 0.15) is 38.4 Å². The molecule has 2 fully saturated rings. The van der Waals surface area contributed by atoms with Gasteiger partial charge in [-0.1, -0.05) is 38.0 Å². The highest BCUT2D eigenvalue weighted by Gasteiger charge is 2.41. The van der Waals surface area contributed by atoms with Crippen LogP contribution in [0, 0.1) is 11.7 Å². The van der Waals surface area contributed by atoms with Crippen LogP contribution in [-0.4, -0.2) is 22.0 Å². The Morgan fingerprint density at radius 1 is 1.03 bits per heavy atom. The monoisotopic (exact) mass is 460 g/mol. The van der Waals surface area contributed by atoms with E-state index in [2.05, 4.69) is 6.92 Å². The number of para-hydroxylation sites is 1. The third kappa shape index (κ3) is 4.67. The van der Waals surface area contributed by atoms with Gasteiger partial charge in [0.2, 0.25) is 0 Å². The lowest BCUT2D eigenvalue weighted by molar-refractivity contribution is -0.124. The first-order valence-electron chi connectivity index (χ1n) is 11.3. The smallest absolute Gasteiger partial charge is 0.267 e. The number of thioether (sulfide) groups is 1. The minimum Gasteiger partial charge on any atom is -0.457 e. The van der Waals surface area contributed by atoms with E-state index >= 15 is 0 Å². The highest BCUT2D eigenvalue weighted by atomic mass is 32.2. The van der Waals surface area contributed by atoms with Crippen LogP contribution in [0.3, 0.4) is 0 Å². The number of furan rings is 1. The van der Waals surface area contributed by atoms with Gasteiger partial charge in [0.1, 0.15) is 17.3 Å². The van der Waals surface area contributed by atoms with Crippen molar-refractivity contribution in [1.82, 2.24) is 4.90 Å². The topological polar surface area (TPSA) is 45.8 Å². The lowest BCUT2D eigenvalue weighted by atomic mass is 9.85. The van der Waals surface area contributed by atoms with Gasteiger partial charge in [-0.05, 0) is 79.1 Å². The number of halogens is 1. The third-order valence-electron chi connectivity index (χ3n) is 6.24. The molecule has 2 atom stereocenters. The van der Waals surface area contributed by atoms with Crippen molar-refractivity contribution in [2.24, 2.45) is 10.9 Å². The molecule has 1 aliphatic carbocycles. The number of carbonyl (C=O) groups excluding carboxylic acids is 1. The van der Waals surface area contributed by atoms with Gasteiger partial charge in [-0.25, -0.2) is 9.38 Å². The molecule has 1 amide bonds. The van der Waals surface area contributed by atoms with Crippen molar-refractivity contribution in [2.75, 3.05) is 0 Å². The Balaban J connectivity index is 1.47. The van der Waals surface area contributed by atoms with Gasteiger partial charge in [-0.2, -0.15) is 0 Å². The van der Waals surface area contributed by atoms with Crippen LogP contribution in [0.15, 0.2) is 81.0 Å². The number of amides is 1. The lowest BCUT2D eigenvalue weighted by Gasteiger charge is -2.35. The predicted octanol–water partition coefficient (Wildman–Crippen LogP) is 7.27. The van der Waals surface area contributed by atoms with Crippen molar-refractivity contribution >= 4 is 34.6 Å². The molecule has 0 radical (unpaired) electrons.